The van der Waals surface area contributed by atoms with E-state index in [2.05, 4.69) is 10.2 Å². The highest BCUT2D eigenvalue weighted by molar-refractivity contribution is 6.26. The number of carbonyl (C=O) groups is 3. The summed E-state index contributed by atoms with van der Waals surface area (Å²) in [5, 5.41) is 3.04. The summed E-state index contributed by atoms with van der Waals surface area (Å²) in [5.41, 5.74) is 1.27. The molecule has 0 aromatic heterocycles. The molecule has 0 radical (unpaired) electrons. The first-order valence-electron chi connectivity index (χ1n) is 10.8. The minimum Gasteiger partial charge on any atom is -0.324 e. The fourth-order valence-corrected chi connectivity index (χ4v) is 6.46. The van der Waals surface area contributed by atoms with Crippen molar-refractivity contribution in [3.8, 4) is 0 Å². The third-order valence-corrected chi connectivity index (χ3v) is 7.59. The van der Waals surface area contributed by atoms with Gasteiger partial charge in [-0.2, -0.15) is 0 Å². The summed E-state index contributed by atoms with van der Waals surface area (Å²) < 4.78 is 14.6. The number of carbonyl (C=O) groups excluding carboxylic acids is 3. The smallest absolute Gasteiger partial charge is 0.250 e. The highest BCUT2D eigenvalue weighted by atomic mass is 19.1. The number of amides is 3. The Morgan fingerprint density at radius 3 is 2.68 bits per heavy atom. The Bertz CT molecular complexity index is 1160. The maximum absolute atomic E-state index is 14.6. The molecule has 0 aliphatic carbocycles. The van der Waals surface area contributed by atoms with E-state index in [1.807, 2.05) is 25.1 Å². The Balaban J connectivity index is 1.58. The first-order chi connectivity index (χ1) is 15.0. The van der Waals surface area contributed by atoms with Crippen LogP contribution >= 0.6 is 0 Å². The van der Waals surface area contributed by atoms with Gasteiger partial charge in [0.1, 0.15) is 11.4 Å². The molecule has 31 heavy (non-hydrogen) atoms. The number of para-hydroxylation sites is 2. The quantitative estimate of drug-likeness (QED) is 0.760. The molecule has 4 atom stereocenters. The molecular weight excluding hydrogens is 397 g/mol. The average molecular weight is 419 g/mol. The van der Waals surface area contributed by atoms with Gasteiger partial charge in [-0.1, -0.05) is 37.3 Å². The average Bonchev–Trinajstić information content (AvgIpc) is 3.47. The van der Waals surface area contributed by atoms with Crippen molar-refractivity contribution in [2.24, 2.45) is 11.8 Å². The Morgan fingerprint density at radius 2 is 1.90 bits per heavy atom. The lowest BCUT2D eigenvalue weighted by molar-refractivity contribution is -0.135. The van der Waals surface area contributed by atoms with E-state index >= 15 is 0 Å². The molecule has 3 saturated heterocycles. The molecule has 0 bridgehead atoms. The summed E-state index contributed by atoms with van der Waals surface area (Å²) in [6.45, 7) is 2.67. The zero-order valence-electron chi connectivity index (χ0n) is 17.1. The van der Waals surface area contributed by atoms with Crippen molar-refractivity contribution in [2.45, 2.75) is 37.8 Å². The lowest BCUT2D eigenvalue weighted by Crippen LogP contribution is -2.54. The first kappa shape index (κ1) is 18.7. The van der Waals surface area contributed by atoms with E-state index in [0.29, 0.717) is 6.54 Å². The van der Waals surface area contributed by atoms with E-state index in [9.17, 15) is 18.8 Å². The second kappa shape index (κ2) is 6.23. The van der Waals surface area contributed by atoms with E-state index in [4.69, 9.17) is 0 Å². The predicted octanol–water partition coefficient (Wildman–Crippen LogP) is 2.82. The van der Waals surface area contributed by atoms with Gasteiger partial charge in [-0.3, -0.25) is 19.3 Å². The molecule has 2 aromatic carbocycles. The number of aryl methyl sites for hydroxylation is 1. The fourth-order valence-electron chi connectivity index (χ4n) is 6.46. The summed E-state index contributed by atoms with van der Waals surface area (Å²) in [6.07, 6.45) is 2.33. The molecule has 0 saturated carbocycles. The van der Waals surface area contributed by atoms with E-state index in [1.165, 1.54) is 18.2 Å². The van der Waals surface area contributed by atoms with Crippen molar-refractivity contribution in [1.29, 1.82) is 0 Å². The number of nitrogens with zero attached hydrogens (tertiary/aromatic N) is 2. The van der Waals surface area contributed by atoms with Crippen molar-refractivity contribution in [3.05, 3.63) is 59.4 Å². The maximum Gasteiger partial charge on any atom is 0.250 e. The highest BCUT2D eigenvalue weighted by Crippen LogP contribution is 2.61. The number of rotatable bonds is 2. The lowest BCUT2D eigenvalue weighted by Gasteiger charge is -2.36. The van der Waals surface area contributed by atoms with E-state index in [-0.39, 0.29) is 17.6 Å². The number of benzene rings is 2. The van der Waals surface area contributed by atoms with Crippen LogP contribution in [0.15, 0.2) is 42.5 Å². The van der Waals surface area contributed by atoms with Crippen LogP contribution < -0.4 is 10.2 Å². The van der Waals surface area contributed by atoms with E-state index in [0.717, 1.165) is 41.0 Å². The second-order valence-corrected chi connectivity index (χ2v) is 8.78. The molecule has 4 heterocycles. The van der Waals surface area contributed by atoms with Crippen LogP contribution in [0.5, 0.6) is 0 Å². The Kier molecular flexibility index (Phi) is 3.76. The second-order valence-electron chi connectivity index (χ2n) is 8.78. The van der Waals surface area contributed by atoms with Gasteiger partial charge in [0.05, 0.1) is 17.5 Å². The van der Waals surface area contributed by atoms with Crippen LogP contribution in [0.1, 0.15) is 30.9 Å². The molecule has 4 aliphatic heterocycles. The number of anilines is 2. The van der Waals surface area contributed by atoms with Crippen LogP contribution in [0.3, 0.4) is 0 Å². The maximum atomic E-state index is 14.6. The van der Waals surface area contributed by atoms with E-state index < -0.39 is 35.0 Å². The van der Waals surface area contributed by atoms with Crippen LogP contribution in [0.25, 0.3) is 0 Å². The van der Waals surface area contributed by atoms with Gasteiger partial charge in [0, 0.05) is 17.3 Å². The Labute approximate surface area is 179 Å². The normalized spacial score (nSPS) is 31.4. The lowest BCUT2D eigenvalue weighted by atomic mass is 9.75. The molecule has 1 spiro atoms. The van der Waals surface area contributed by atoms with Gasteiger partial charge in [0.15, 0.2) is 0 Å². The van der Waals surface area contributed by atoms with E-state index in [1.54, 1.807) is 6.07 Å². The van der Waals surface area contributed by atoms with Gasteiger partial charge in [-0.25, -0.2) is 9.29 Å². The molecular formula is C24H22FN3O3. The van der Waals surface area contributed by atoms with Gasteiger partial charge >= 0.3 is 0 Å². The number of imide groups is 1. The molecule has 6 nitrogen and oxygen atoms in total. The minimum atomic E-state index is -1.22. The number of fused-ring (bicyclic) bond motifs is 7. The molecule has 4 unspecified atom stereocenters. The van der Waals surface area contributed by atoms with Crippen LogP contribution in [-0.2, 0) is 26.3 Å². The molecule has 158 valence electrons. The van der Waals surface area contributed by atoms with Gasteiger partial charge in [0.25, 0.3) is 0 Å². The van der Waals surface area contributed by atoms with Crippen molar-refractivity contribution in [1.82, 2.24) is 4.90 Å². The van der Waals surface area contributed by atoms with Crippen LogP contribution in [-0.4, -0.2) is 35.2 Å². The number of nitrogens with one attached hydrogen (secondary N) is 1. The molecule has 7 heteroatoms. The third kappa shape index (κ3) is 2.07. The zero-order chi connectivity index (χ0) is 21.5. The molecule has 2 aromatic rings. The van der Waals surface area contributed by atoms with Gasteiger partial charge in [-0.05, 0) is 43.5 Å². The largest absolute Gasteiger partial charge is 0.324 e. The van der Waals surface area contributed by atoms with Crippen LogP contribution in [0.2, 0.25) is 0 Å². The van der Waals surface area contributed by atoms with Gasteiger partial charge in [0.2, 0.25) is 17.7 Å². The highest BCUT2D eigenvalue weighted by Gasteiger charge is 2.74. The summed E-state index contributed by atoms with van der Waals surface area (Å²) in [6, 6.07) is 11.4. The van der Waals surface area contributed by atoms with Gasteiger partial charge in [-0.15, -0.1) is 0 Å². The molecule has 4 aliphatic rings. The molecule has 3 fully saturated rings. The third-order valence-electron chi connectivity index (χ3n) is 7.59. The summed E-state index contributed by atoms with van der Waals surface area (Å²) in [7, 11) is 0. The number of halogens is 1. The van der Waals surface area contributed by atoms with Gasteiger partial charge < -0.3 is 5.32 Å². The molecule has 6 rings (SSSR count). The summed E-state index contributed by atoms with van der Waals surface area (Å²) >= 11 is 0. The van der Waals surface area contributed by atoms with Crippen molar-refractivity contribution < 1.29 is 18.8 Å². The first-order valence-corrected chi connectivity index (χ1v) is 10.8. The van der Waals surface area contributed by atoms with Crippen molar-refractivity contribution in [3.63, 3.8) is 0 Å². The van der Waals surface area contributed by atoms with Crippen LogP contribution in [0, 0.1) is 17.7 Å². The standard InChI is InChI=1S/C24H22FN3O3/c1-2-13-7-5-8-14-20(13)26-23(31)24(14)19-18(17-11-6-12-27(17)24)21(29)28(22(19)30)16-10-4-3-9-15(16)25/h3-5,7-10,17-19H,2,6,11-12H2,1H3,(H,26,31). The topological polar surface area (TPSA) is 69.7 Å². The number of hydrogen-bond acceptors (Lipinski definition) is 4. The summed E-state index contributed by atoms with van der Waals surface area (Å²) in [4.78, 5) is 44.1. The van der Waals surface area contributed by atoms with Crippen molar-refractivity contribution >= 4 is 29.1 Å². The Morgan fingerprint density at radius 1 is 1.10 bits per heavy atom. The van der Waals surface area contributed by atoms with Crippen LogP contribution in [0.4, 0.5) is 15.8 Å². The molecule has 1 N–H and O–H groups in total. The number of hydrogen-bond donors (Lipinski definition) is 1. The molecule has 3 amide bonds. The van der Waals surface area contributed by atoms with Crippen molar-refractivity contribution in [2.75, 3.05) is 16.8 Å². The zero-order valence-corrected chi connectivity index (χ0v) is 17.1. The fraction of sp³-hybridized carbons (Fsp3) is 0.375. The minimum absolute atomic E-state index is 0.0347. The SMILES string of the molecule is CCc1cccc2c1NC(=O)C21C2C(=O)N(c3ccccc3F)C(=O)C2C2CCCN21. The predicted molar refractivity (Wildman–Crippen MR) is 112 cm³/mol. The monoisotopic (exact) mass is 419 g/mol. The summed E-state index contributed by atoms with van der Waals surface area (Å²) in [5.74, 6) is -3.28. The Hall–Kier alpha value is -3.06.